The lowest BCUT2D eigenvalue weighted by Crippen LogP contribution is -2.09. The smallest absolute Gasteiger partial charge is 0.207 e. The van der Waals surface area contributed by atoms with Crippen molar-refractivity contribution >= 4 is 0 Å². The van der Waals surface area contributed by atoms with Crippen LogP contribution >= 0.6 is 0 Å². The quantitative estimate of drug-likeness (QED) is 0.686. The van der Waals surface area contributed by atoms with E-state index >= 15 is 0 Å². The van der Waals surface area contributed by atoms with Crippen LogP contribution in [0.1, 0.15) is 30.9 Å². The predicted octanol–water partition coefficient (Wildman–Crippen LogP) is 3.97. The van der Waals surface area contributed by atoms with E-state index < -0.39 is 5.92 Å². The summed E-state index contributed by atoms with van der Waals surface area (Å²) in [7, 11) is 0. The van der Waals surface area contributed by atoms with Gasteiger partial charge in [0, 0.05) is 6.42 Å². The number of alkyl halides is 2. The van der Waals surface area contributed by atoms with Gasteiger partial charge in [0.15, 0.2) is 0 Å². The van der Waals surface area contributed by atoms with Gasteiger partial charge in [0.1, 0.15) is 0 Å². The third kappa shape index (κ3) is 3.86. The van der Waals surface area contributed by atoms with Crippen molar-refractivity contribution < 1.29 is 8.78 Å². The van der Waals surface area contributed by atoms with E-state index in [2.05, 4.69) is 0 Å². The van der Waals surface area contributed by atoms with Crippen molar-refractivity contribution in [2.75, 3.05) is 0 Å². The average molecular weight is 198 g/mol. The summed E-state index contributed by atoms with van der Waals surface area (Å²) >= 11 is 0. The molecule has 0 aliphatic heterocycles. The molecule has 1 rings (SSSR count). The first-order valence-corrected chi connectivity index (χ1v) is 4.91. The molecule has 0 amide bonds. The Morgan fingerprint density at radius 1 is 1.21 bits per heavy atom. The van der Waals surface area contributed by atoms with E-state index in [4.69, 9.17) is 0 Å². The first-order valence-electron chi connectivity index (χ1n) is 4.91. The van der Waals surface area contributed by atoms with E-state index in [1.807, 2.05) is 31.2 Å². The van der Waals surface area contributed by atoms with Gasteiger partial charge in [-0.25, -0.2) is 8.78 Å². The second kappa shape index (κ2) is 4.54. The van der Waals surface area contributed by atoms with E-state index in [0.29, 0.717) is 6.42 Å². The van der Waals surface area contributed by atoms with E-state index in [1.165, 1.54) is 11.1 Å². The van der Waals surface area contributed by atoms with Crippen LogP contribution in [0, 0.1) is 6.92 Å². The zero-order chi connectivity index (χ0) is 10.6. The standard InChI is InChI=1S/C12H16F2/c1-10-6-3-4-7-11(10)8-5-9-12(2,13)14/h3-4,6-7H,5,8-9H2,1-2H3. The van der Waals surface area contributed by atoms with Gasteiger partial charge in [-0.1, -0.05) is 24.3 Å². The molecule has 0 nitrogen and oxygen atoms in total. The minimum atomic E-state index is -2.53. The second-order valence-electron chi connectivity index (χ2n) is 3.85. The normalized spacial score (nSPS) is 11.7. The maximum atomic E-state index is 12.5. The maximum Gasteiger partial charge on any atom is 0.245 e. The van der Waals surface area contributed by atoms with Gasteiger partial charge >= 0.3 is 0 Å². The number of hydrogen-bond donors (Lipinski definition) is 0. The van der Waals surface area contributed by atoms with Crippen molar-refractivity contribution in [1.29, 1.82) is 0 Å². The molecule has 0 aliphatic rings. The Morgan fingerprint density at radius 2 is 1.86 bits per heavy atom. The summed E-state index contributed by atoms with van der Waals surface area (Å²) in [6, 6.07) is 7.93. The third-order valence-corrected chi connectivity index (χ3v) is 2.32. The Kier molecular flexibility index (Phi) is 3.62. The Bertz CT molecular complexity index is 287. The number of aryl methyl sites for hydroxylation is 2. The number of benzene rings is 1. The van der Waals surface area contributed by atoms with E-state index in [-0.39, 0.29) is 6.42 Å². The summed E-state index contributed by atoms with van der Waals surface area (Å²) in [4.78, 5) is 0. The van der Waals surface area contributed by atoms with E-state index in [1.54, 1.807) is 0 Å². The van der Waals surface area contributed by atoms with Crippen molar-refractivity contribution in [3.05, 3.63) is 35.4 Å². The van der Waals surface area contributed by atoms with Gasteiger partial charge < -0.3 is 0 Å². The van der Waals surface area contributed by atoms with Crippen LogP contribution in [0.3, 0.4) is 0 Å². The van der Waals surface area contributed by atoms with Gasteiger partial charge in [0.25, 0.3) is 0 Å². The maximum absolute atomic E-state index is 12.5. The molecule has 0 atom stereocenters. The molecular weight excluding hydrogens is 182 g/mol. The monoisotopic (exact) mass is 198 g/mol. The van der Waals surface area contributed by atoms with Gasteiger partial charge in [-0.3, -0.25) is 0 Å². The summed E-state index contributed by atoms with van der Waals surface area (Å²) in [5, 5.41) is 0. The fourth-order valence-corrected chi connectivity index (χ4v) is 1.48. The van der Waals surface area contributed by atoms with Crippen LogP contribution in [0.2, 0.25) is 0 Å². The van der Waals surface area contributed by atoms with Crippen molar-refractivity contribution in [2.24, 2.45) is 0 Å². The molecule has 0 saturated heterocycles. The van der Waals surface area contributed by atoms with Crippen LogP contribution < -0.4 is 0 Å². The molecule has 0 heterocycles. The van der Waals surface area contributed by atoms with Crippen molar-refractivity contribution in [3.63, 3.8) is 0 Å². The van der Waals surface area contributed by atoms with Crippen molar-refractivity contribution in [3.8, 4) is 0 Å². The largest absolute Gasteiger partial charge is 0.245 e. The zero-order valence-electron chi connectivity index (χ0n) is 8.69. The second-order valence-corrected chi connectivity index (χ2v) is 3.85. The lowest BCUT2D eigenvalue weighted by Gasteiger charge is -2.10. The molecule has 14 heavy (non-hydrogen) atoms. The van der Waals surface area contributed by atoms with Crippen LogP contribution in [0.15, 0.2) is 24.3 Å². The summed E-state index contributed by atoms with van der Waals surface area (Å²) in [6.07, 6.45) is 1.27. The Balaban J connectivity index is 2.43. The number of rotatable bonds is 4. The lowest BCUT2D eigenvalue weighted by molar-refractivity contribution is 0.0111. The van der Waals surface area contributed by atoms with Gasteiger partial charge in [-0.05, 0) is 37.8 Å². The molecule has 0 saturated carbocycles. The third-order valence-electron chi connectivity index (χ3n) is 2.32. The van der Waals surface area contributed by atoms with Crippen LogP contribution in [-0.2, 0) is 6.42 Å². The molecule has 0 fully saturated rings. The highest BCUT2D eigenvalue weighted by Crippen LogP contribution is 2.20. The minimum Gasteiger partial charge on any atom is -0.207 e. The topological polar surface area (TPSA) is 0 Å². The highest BCUT2D eigenvalue weighted by atomic mass is 19.3. The molecule has 1 aromatic rings. The highest BCUT2D eigenvalue weighted by Gasteiger charge is 2.19. The highest BCUT2D eigenvalue weighted by molar-refractivity contribution is 5.25. The Labute approximate surface area is 84.0 Å². The first kappa shape index (κ1) is 11.2. The first-order chi connectivity index (χ1) is 6.49. The van der Waals surface area contributed by atoms with Gasteiger partial charge in [-0.15, -0.1) is 0 Å². The van der Waals surface area contributed by atoms with Crippen LogP contribution in [0.25, 0.3) is 0 Å². The fourth-order valence-electron chi connectivity index (χ4n) is 1.48. The molecule has 0 aliphatic carbocycles. The van der Waals surface area contributed by atoms with Crippen molar-refractivity contribution in [1.82, 2.24) is 0 Å². The molecule has 0 N–H and O–H groups in total. The van der Waals surface area contributed by atoms with Crippen LogP contribution in [-0.4, -0.2) is 5.92 Å². The molecule has 0 aromatic heterocycles. The molecule has 0 radical (unpaired) electrons. The molecule has 0 bridgehead atoms. The van der Waals surface area contributed by atoms with Gasteiger partial charge in [0.05, 0.1) is 0 Å². The minimum absolute atomic E-state index is 0.0265. The molecule has 1 aromatic carbocycles. The molecule has 78 valence electrons. The summed E-state index contributed by atoms with van der Waals surface area (Å²) in [5.41, 5.74) is 2.36. The summed E-state index contributed by atoms with van der Waals surface area (Å²) < 4.78 is 25.1. The molecule has 0 unspecified atom stereocenters. The molecular formula is C12H16F2. The predicted molar refractivity (Wildman–Crippen MR) is 54.7 cm³/mol. The zero-order valence-corrected chi connectivity index (χ0v) is 8.69. The van der Waals surface area contributed by atoms with Gasteiger partial charge in [0.2, 0.25) is 5.92 Å². The van der Waals surface area contributed by atoms with E-state index in [9.17, 15) is 8.78 Å². The molecule has 0 spiro atoms. The van der Waals surface area contributed by atoms with Crippen LogP contribution in [0.5, 0.6) is 0 Å². The molecule has 2 heteroatoms. The average Bonchev–Trinajstić information content (AvgIpc) is 2.06. The lowest BCUT2D eigenvalue weighted by atomic mass is 10.0. The Hall–Kier alpha value is -0.920. The number of hydrogen-bond acceptors (Lipinski definition) is 0. The van der Waals surface area contributed by atoms with E-state index in [0.717, 1.165) is 13.3 Å². The number of halogens is 2. The Morgan fingerprint density at radius 3 is 2.43 bits per heavy atom. The van der Waals surface area contributed by atoms with Crippen molar-refractivity contribution in [2.45, 2.75) is 39.0 Å². The van der Waals surface area contributed by atoms with Crippen LogP contribution in [0.4, 0.5) is 8.78 Å². The SMILES string of the molecule is Cc1ccccc1CCCC(C)(F)F. The summed E-state index contributed by atoms with van der Waals surface area (Å²) in [5.74, 6) is -2.53. The van der Waals surface area contributed by atoms with Gasteiger partial charge in [-0.2, -0.15) is 0 Å². The summed E-state index contributed by atoms with van der Waals surface area (Å²) in [6.45, 7) is 2.99. The fraction of sp³-hybridized carbons (Fsp3) is 0.500.